The van der Waals surface area contributed by atoms with Gasteiger partial charge in [-0.15, -0.1) is 0 Å². The Hall–Kier alpha value is -3.09. The zero-order valence-electron chi connectivity index (χ0n) is 18.2. The van der Waals surface area contributed by atoms with Gasteiger partial charge in [-0.2, -0.15) is 9.57 Å². The highest BCUT2D eigenvalue weighted by molar-refractivity contribution is 7.89. The Balaban J connectivity index is 1.50. The molecular formula is C23H27N3O5S. The molecule has 0 atom stereocenters. The van der Waals surface area contributed by atoms with Gasteiger partial charge in [-0.25, -0.2) is 8.42 Å². The van der Waals surface area contributed by atoms with Crippen molar-refractivity contribution in [1.82, 2.24) is 9.62 Å². The van der Waals surface area contributed by atoms with E-state index in [4.69, 9.17) is 14.7 Å². The molecule has 1 fully saturated rings. The molecule has 9 heteroatoms. The Morgan fingerprint density at radius 2 is 1.81 bits per heavy atom. The van der Waals surface area contributed by atoms with Gasteiger partial charge in [-0.1, -0.05) is 6.07 Å². The summed E-state index contributed by atoms with van der Waals surface area (Å²) in [6, 6.07) is 13.4. The number of piperidine rings is 1. The third-order valence-corrected chi connectivity index (χ3v) is 7.55. The highest BCUT2D eigenvalue weighted by atomic mass is 32.2. The molecule has 1 amide bonds. The molecule has 2 aromatic carbocycles. The number of amides is 1. The van der Waals surface area contributed by atoms with Crippen molar-refractivity contribution in [2.45, 2.75) is 24.2 Å². The molecule has 0 bridgehead atoms. The van der Waals surface area contributed by atoms with Crippen LogP contribution in [-0.4, -0.2) is 52.5 Å². The van der Waals surface area contributed by atoms with Gasteiger partial charge in [-0.3, -0.25) is 4.79 Å². The number of benzene rings is 2. The molecule has 1 aliphatic rings. The summed E-state index contributed by atoms with van der Waals surface area (Å²) in [5, 5.41) is 11.8. The van der Waals surface area contributed by atoms with E-state index in [1.165, 1.54) is 28.6 Å². The first-order valence-electron chi connectivity index (χ1n) is 10.4. The van der Waals surface area contributed by atoms with Crippen molar-refractivity contribution < 1.29 is 22.7 Å². The van der Waals surface area contributed by atoms with Crippen molar-refractivity contribution in [3.05, 3.63) is 53.6 Å². The molecule has 0 saturated carbocycles. The Morgan fingerprint density at radius 1 is 1.12 bits per heavy atom. The Bertz CT molecular complexity index is 1090. The number of nitrogens with one attached hydrogen (secondary N) is 1. The smallest absolute Gasteiger partial charge is 0.243 e. The van der Waals surface area contributed by atoms with E-state index in [0.717, 1.165) is 5.56 Å². The molecular weight excluding hydrogens is 430 g/mol. The molecule has 0 aliphatic carbocycles. The van der Waals surface area contributed by atoms with Crippen molar-refractivity contribution in [2.24, 2.45) is 5.92 Å². The second-order valence-electron chi connectivity index (χ2n) is 7.53. The summed E-state index contributed by atoms with van der Waals surface area (Å²) < 4.78 is 37.6. The summed E-state index contributed by atoms with van der Waals surface area (Å²) in [6.07, 6.45) is 1.55. The normalized spacial score (nSPS) is 15.0. The van der Waals surface area contributed by atoms with Gasteiger partial charge in [0.2, 0.25) is 15.9 Å². The van der Waals surface area contributed by atoms with Gasteiger partial charge in [0.1, 0.15) is 11.5 Å². The van der Waals surface area contributed by atoms with Crippen LogP contribution < -0.4 is 14.8 Å². The lowest BCUT2D eigenvalue weighted by Crippen LogP contribution is -2.43. The number of hydrogen-bond donors (Lipinski definition) is 1. The van der Waals surface area contributed by atoms with E-state index < -0.39 is 10.0 Å². The SMILES string of the molecule is COc1ccc(CCNC(=O)C2CCN(S(=O)(=O)c3ccc(C#N)cc3)CC2)c(OC)c1. The number of ether oxygens (including phenoxy) is 2. The van der Waals surface area contributed by atoms with Crippen molar-refractivity contribution in [3.8, 4) is 17.6 Å². The quantitative estimate of drug-likeness (QED) is 0.652. The number of rotatable bonds is 8. The van der Waals surface area contributed by atoms with Crippen molar-refractivity contribution in [3.63, 3.8) is 0 Å². The fourth-order valence-electron chi connectivity index (χ4n) is 3.73. The van der Waals surface area contributed by atoms with Crippen LogP contribution >= 0.6 is 0 Å². The van der Waals surface area contributed by atoms with Gasteiger partial charge in [-0.05, 0) is 55.2 Å². The molecule has 1 aliphatic heterocycles. The molecule has 1 saturated heterocycles. The number of hydrogen-bond acceptors (Lipinski definition) is 6. The summed E-state index contributed by atoms with van der Waals surface area (Å²) >= 11 is 0. The minimum absolute atomic E-state index is 0.0621. The zero-order chi connectivity index (χ0) is 23.1. The monoisotopic (exact) mass is 457 g/mol. The lowest BCUT2D eigenvalue weighted by Gasteiger charge is -2.30. The Morgan fingerprint density at radius 3 is 2.41 bits per heavy atom. The highest BCUT2D eigenvalue weighted by Crippen LogP contribution is 2.26. The van der Waals surface area contributed by atoms with Crippen LogP contribution in [0.15, 0.2) is 47.4 Å². The van der Waals surface area contributed by atoms with Crippen LogP contribution in [0, 0.1) is 17.2 Å². The van der Waals surface area contributed by atoms with Crippen LogP contribution in [0.5, 0.6) is 11.5 Å². The van der Waals surface area contributed by atoms with E-state index in [1.807, 2.05) is 18.2 Å². The average Bonchev–Trinajstić information content (AvgIpc) is 2.84. The fraction of sp³-hybridized carbons (Fsp3) is 0.391. The maximum Gasteiger partial charge on any atom is 0.243 e. The number of sulfonamides is 1. The van der Waals surface area contributed by atoms with E-state index in [-0.39, 0.29) is 29.8 Å². The van der Waals surface area contributed by atoms with Gasteiger partial charge in [0, 0.05) is 31.6 Å². The second-order valence-corrected chi connectivity index (χ2v) is 9.47. The van der Waals surface area contributed by atoms with Gasteiger partial charge in [0.15, 0.2) is 0 Å². The minimum atomic E-state index is -3.63. The maximum atomic E-state index is 12.8. The number of nitrogens with zero attached hydrogens (tertiary/aromatic N) is 2. The minimum Gasteiger partial charge on any atom is -0.497 e. The maximum absolute atomic E-state index is 12.8. The Kier molecular flexibility index (Phi) is 7.72. The fourth-order valence-corrected chi connectivity index (χ4v) is 5.20. The summed E-state index contributed by atoms with van der Waals surface area (Å²) in [7, 11) is -0.448. The zero-order valence-corrected chi connectivity index (χ0v) is 19.0. The molecule has 3 rings (SSSR count). The third-order valence-electron chi connectivity index (χ3n) is 5.63. The standard InChI is InChI=1S/C23H27N3O5S/c1-30-20-6-5-18(22(15-20)31-2)9-12-25-23(27)19-10-13-26(14-11-19)32(28,29)21-7-3-17(16-24)4-8-21/h3-8,15,19H,9-14H2,1-2H3,(H,25,27). The van der Waals surface area contributed by atoms with Gasteiger partial charge in [0.05, 0.1) is 30.7 Å². The van der Waals surface area contributed by atoms with E-state index >= 15 is 0 Å². The third kappa shape index (κ3) is 5.39. The van der Waals surface area contributed by atoms with Crippen LogP contribution in [-0.2, 0) is 21.2 Å². The van der Waals surface area contributed by atoms with Crippen LogP contribution in [0.4, 0.5) is 0 Å². The summed E-state index contributed by atoms with van der Waals surface area (Å²) in [4.78, 5) is 12.7. The number of carbonyl (C=O) groups is 1. The number of nitriles is 1. The molecule has 1 N–H and O–H groups in total. The molecule has 2 aromatic rings. The largest absolute Gasteiger partial charge is 0.497 e. The molecule has 0 radical (unpaired) electrons. The first-order chi connectivity index (χ1) is 15.4. The second kappa shape index (κ2) is 10.5. The van der Waals surface area contributed by atoms with E-state index in [0.29, 0.717) is 42.9 Å². The molecule has 32 heavy (non-hydrogen) atoms. The first-order valence-corrected chi connectivity index (χ1v) is 11.8. The van der Waals surface area contributed by atoms with Gasteiger partial charge >= 0.3 is 0 Å². The van der Waals surface area contributed by atoms with Crippen molar-refractivity contribution in [2.75, 3.05) is 33.9 Å². The molecule has 8 nitrogen and oxygen atoms in total. The van der Waals surface area contributed by atoms with Gasteiger partial charge in [0.25, 0.3) is 0 Å². The number of carbonyl (C=O) groups excluding carboxylic acids is 1. The lowest BCUT2D eigenvalue weighted by atomic mass is 9.97. The highest BCUT2D eigenvalue weighted by Gasteiger charge is 2.32. The molecule has 0 aromatic heterocycles. The van der Waals surface area contributed by atoms with Crippen LogP contribution in [0.3, 0.4) is 0 Å². The average molecular weight is 458 g/mol. The number of methoxy groups -OCH3 is 2. The van der Waals surface area contributed by atoms with E-state index in [2.05, 4.69) is 5.32 Å². The molecule has 0 spiro atoms. The molecule has 1 heterocycles. The van der Waals surface area contributed by atoms with Crippen LogP contribution in [0.25, 0.3) is 0 Å². The van der Waals surface area contributed by atoms with Crippen LogP contribution in [0.1, 0.15) is 24.0 Å². The summed E-state index contributed by atoms with van der Waals surface area (Å²) in [5.74, 6) is 1.13. The first kappa shape index (κ1) is 23.6. The van der Waals surface area contributed by atoms with Crippen molar-refractivity contribution in [1.29, 1.82) is 5.26 Å². The predicted octanol–water partition coefficient (Wildman–Crippen LogP) is 2.34. The Labute approximate surface area is 188 Å². The molecule has 0 unspecified atom stereocenters. The lowest BCUT2D eigenvalue weighted by molar-refractivity contribution is -0.126. The molecule has 170 valence electrons. The van der Waals surface area contributed by atoms with Gasteiger partial charge < -0.3 is 14.8 Å². The van der Waals surface area contributed by atoms with E-state index in [9.17, 15) is 13.2 Å². The topological polar surface area (TPSA) is 109 Å². The summed E-state index contributed by atoms with van der Waals surface area (Å²) in [5.41, 5.74) is 1.38. The van der Waals surface area contributed by atoms with Crippen molar-refractivity contribution >= 4 is 15.9 Å². The summed E-state index contributed by atoms with van der Waals surface area (Å²) in [6.45, 7) is 1.03. The van der Waals surface area contributed by atoms with E-state index in [1.54, 1.807) is 20.3 Å². The predicted molar refractivity (Wildman–Crippen MR) is 119 cm³/mol. The van der Waals surface area contributed by atoms with Crippen LogP contribution in [0.2, 0.25) is 0 Å².